The third kappa shape index (κ3) is 14.1. The van der Waals surface area contributed by atoms with Crippen LogP contribution in [-0.2, 0) is 0 Å². The third-order valence-electron chi connectivity index (χ3n) is 28.8. The van der Waals surface area contributed by atoms with Crippen LogP contribution < -0.4 is 0 Å². The van der Waals surface area contributed by atoms with Crippen molar-refractivity contribution in [3.05, 3.63) is 491 Å². The summed E-state index contributed by atoms with van der Waals surface area (Å²) in [5, 5.41) is 20.7. The minimum Gasteiger partial charge on any atom is -0.456 e. The van der Waals surface area contributed by atoms with Gasteiger partial charge in [-0.05, 0) is 162 Å². The lowest BCUT2D eigenvalue weighted by Crippen LogP contribution is -2.06. The first kappa shape index (κ1) is 83.9. The van der Waals surface area contributed by atoms with Crippen molar-refractivity contribution in [2.45, 2.75) is 0 Å². The molecule has 0 spiro atoms. The first-order valence-electron chi connectivity index (χ1n) is 49.3. The number of furan rings is 6. The Labute approximate surface area is 838 Å². The van der Waals surface area contributed by atoms with Gasteiger partial charge in [-0.1, -0.05) is 352 Å². The molecule has 0 saturated heterocycles. The summed E-state index contributed by atoms with van der Waals surface area (Å²) in [5.41, 5.74) is 32.1. The number of aromatic nitrogens is 7. The number of fused-ring (bicyclic) bond motifs is 28. The maximum Gasteiger partial charge on any atom is 0.238 e. The quantitative estimate of drug-likeness (QED) is 0.130. The molecule has 0 atom stereocenters. The van der Waals surface area contributed by atoms with Crippen molar-refractivity contribution in [1.82, 2.24) is 33.6 Å². The van der Waals surface area contributed by atoms with Gasteiger partial charge in [-0.25, -0.2) is 9.97 Å². The van der Waals surface area contributed by atoms with E-state index in [1.54, 1.807) is 0 Å². The zero-order valence-corrected chi connectivity index (χ0v) is 78.8. The molecule has 32 rings (SSSR count). The van der Waals surface area contributed by atoms with Gasteiger partial charge in [0.15, 0.2) is 17.2 Å². The molecule has 0 amide bonds. The lowest BCUT2D eigenvalue weighted by atomic mass is 9.95. The largest absolute Gasteiger partial charge is 0.456 e. The number of pyridine rings is 1. The molecule has 11 aromatic heterocycles. The molecule has 0 aliphatic rings. The zero-order chi connectivity index (χ0) is 96.7. The van der Waals surface area contributed by atoms with Gasteiger partial charge >= 0.3 is 0 Å². The van der Waals surface area contributed by atoms with Gasteiger partial charge < -0.3 is 35.6 Å². The number of hydrogen-bond acceptors (Lipinski definition) is 10. The van der Waals surface area contributed by atoms with Gasteiger partial charge in [0, 0.05) is 142 Å². The summed E-state index contributed by atoms with van der Waals surface area (Å²) in [7, 11) is 0. The highest BCUT2D eigenvalue weighted by Crippen LogP contribution is 2.47. The van der Waals surface area contributed by atoms with Gasteiger partial charge in [0.1, 0.15) is 66.9 Å². The van der Waals surface area contributed by atoms with Crippen LogP contribution in [0.1, 0.15) is 0 Å². The molecule has 13 heteroatoms. The predicted octanol–water partition coefficient (Wildman–Crippen LogP) is 36.7. The van der Waals surface area contributed by atoms with Crippen LogP contribution in [0.15, 0.2) is 518 Å². The highest BCUT2D eigenvalue weighted by atomic mass is 16.3. The predicted molar refractivity (Wildman–Crippen MR) is 602 cm³/mol. The van der Waals surface area contributed by atoms with E-state index in [2.05, 4.69) is 341 Å². The SMILES string of the molecule is c1cc(-c2cccc(-c3cccc4c3oc3ccccc34)c2)cc(-c2cccc3c2oc2ccccc23)c1.c1cc(-c2cccc3c2oc2ccccc23)nc(-c2cccc3c2oc2ccccc23)c1.c1ccc(-c2nc(-c3ccccc3)nc(-n3c4ccccc4c4ccc5c6ccccc6oc5c43)n2)cc1.c1ccc2c(c1)c1ccccc1n2-c1ccc2oc3ccc(-n4c5ccccc5c5ccccc54)cc3c2c1. The van der Waals surface area contributed by atoms with Crippen LogP contribution in [0, 0.1) is 0 Å². The van der Waals surface area contributed by atoms with Gasteiger partial charge in [-0.15, -0.1) is 0 Å². The molecule has 32 aromatic rings. The van der Waals surface area contributed by atoms with Crippen LogP contribution in [0.25, 0.3) is 293 Å². The van der Waals surface area contributed by atoms with E-state index in [0.717, 1.165) is 232 Å². The molecule has 21 aromatic carbocycles. The van der Waals surface area contributed by atoms with Crippen LogP contribution in [0.5, 0.6) is 0 Å². The van der Waals surface area contributed by atoms with Crippen molar-refractivity contribution in [2.75, 3.05) is 0 Å². The maximum absolute atomic E-state index is 6.50. The lowest BCUT2D eigenvalue weighted by molar-refractivity contribution is 0.668. The molecular weight excluding hydrogens is 1800 g/mol. The molecule has 0 aliphatic carbocycles. The first-order chi connectivity index (χ1) is 72.9. The van der Waals surface area contributed by atoms with Gasteiger partial charge in [0.05, 0.1) is 39.0 Å². The van der Waals surface area contributed by atoms with E-state index >= 15 is 0 Å². The fourth-order valence-electron chi connectivity index (χ4n) is 22.1. The fourth-order valence-corrected chi connectivity index (χ4v) is 22.1. The topological polar surface area (TPSA) is 145 Å². The van der Waals surface area contributed by atoms with Crippen molar-refractivity contribution >= 4 is 197 Å². The van der Waals surface area contributed by atoms with Crippen LogP contribution >= 0.6 is 0 Å². The maximum atomic E-state index is 6.50. The van der Waals surface area contributed by atoms with Gasteiger partial charge in [0.25, 0.3) is 0 Å². The molecule has 13 nitrogen and oxygen atoms in total. The van der Waals surface area contributed by atoms with Crippen LogP contribution in [0.2, 0.25) is 0 Å². The molecule has 0 bridgehead atoms. The molecule has 0 fully saturated rings. The van der Waals surface area contributed by atoms with Crippen molar-refractivity contribution in [1.29, 1.82) is 0 Å². The van der Waals surface area contributed by atoms with Gasteiger partial charge in [-0.2, -0.15) is 9.97 Å². The summed E-state index contributed by atoms with van der Waals surface area (Å²) in [5.74, 6) is 1.80. The molecule has 147 heavy (non-hydrogen) atoms. The Kier molecular flexibility index (Phi) is 19.7. The zero-order valence-electron chi connectivity index (χ0n) is 78.8. The number of benzene rings is 21. The summed E-state index contributed by atoms with van der Waals surface area (Å²) in [6.07, 6.45) is 0. The second-order valence-corrected chi connectivity index (χ2v) is 37.2. The van der Waals surface area contributed by atoms with Crippen LogP contribution in [-0.4, -0.2) is 33.6 Å². The smallest absolute Gasteiger partial charge is 0.238 e. The molecule has 0 N–H and O–H groups in total. The lowest BCUT2D eigenvalue weighted by Gasteiger charge is -2.11. The Morgan fingerprint density at radius 1 is 0.150 bits per heavy atom. The molecule has 688 valence electrons. The second-order valence-electron chi connectivity index (χ2n) is 37.2. The highest BCUT2D eigenvalue weighted by Gasteiger charge is 2.26. The van der Waals surface area contributed by atoms with Crippen LogP contribution in [0.4, 0.5) is 0 Å². The number of nitrogens with zero attached hydrogens (tertiary/aromatic N) is 7. The third-order valence-corrected chi connectivity index (χ3v) is 28.8. The minimum atomic E-state index is 0.553. The standard InChI is InChI=1S/C36H22N2O.C36H22O2.C33H20N4O.C29H17NO2/c1-5-13-31-25(9-1)26-10-2-6-14-32(26)37(31)23-17-19-35-29(21-23)30-22-24(18-20-36(30)39-35)38-33-15-7-3-11-27(33)28-12-4-8-16-34(28)38;1-3-19-33-29(13-1)31-17-7-15-27(35(31)37-33)25-11-5-9-23(21-25)24-10-6-12-26(22-24)28-16-8-18-32-30-14-2-4-20-34(30)38-36(28)32;1-3-11-21(12-4-1)31-34-32(22-13-5-2-6-14-22)36-33(35-31)37-27-17-9-7-15-23(27)25-19-20-26-24-16-8-10-18-28(24)38-30(26)29(25)37;1-3-16-26-18(8-1)20-10-5-12-22(28(20)31-26)24-14-7-15-25(30-24)23-13-6-11-21-19-9-2-4-17-27(19)32-29(21)23/h1-22H;1-22H;1-20H;1-17H. The second kappa shape index (κ2) is 34.5. The Hall–Kier alpha value is -20.0. The summed E-state index contributed by atoms with van der Waals surface area (Å²) in [6.45, 7) is 0. The normalized spacial score (nSPS) is 11.8. The van der Waals surface area contributed by atoms with E-state index in [9.17, 15) is 0 Å². The van der Waals surface area contributed by atoms with Crippen molar-refractivity contribution < 1.29 is 26.5 Å². The van der Waals surface area contributed by atoms with E-state index in [0.29, 0.717) is 17.6 Å². The minimum absolute atomic E-state index is 0.553. The number of rotatable bonds is 10. The molecule has 0 aliphatic heterocycles. The van der Waals surface area contributed by atoms with Gasteiger partial charge in [0.2, 0.25) is 5.95 Å². The van der Waals surface area contributed by atoms with E-state index < -0.39 is 0 Å². The number of para-hydroxylation sites is 14. The van der Waals surface area contributed by atoms with Crippen molar-refractivity contribution in [3.8, 4) is 96.0 Å². The van der Waals surface area contributed by atoms with Crippen molar-refractivity contribution in [2.24, 2.45) is 0 Å². The average molecular weight is 1890 g/mol. The summed E-state index contributed by atoms with van der Waals surface area (Å²) < 4.78 is 44.8. The Bertz CT molecular complexity index is 10300. The molecular formula is C134H81N7O6. The average Bonchev–Trinajstić information content (AvgIpc) is 1.55. The monoisotopic (exact) mass is 1880 g/mol. The fraction of sp³-hybridized carbons (Fsp3) is 0. The van der Waals surface area contributed by atoms with Gasteiger partial charge in [-0.3, -0.25) is 4.57 Å². The summed E-state index contributed by atoms with van der Waals surface area (Å²) >= 11 is 0. The molecule has 0 unspecified atom stereocenters. The Morgan fingerprint density at radius 3 is 0.810 bits per heavy atom. The molecule has 0 radical (unpaired) electrons. The summed E-state index contributed by atoms with van der Waals surface area (Å²) in [4.78, 5) is 20.0. The molecule has 11 heterocycles. The highest BCUT2D eigenvalue weighted by molar-refractivity contribution is 6.23. The van der Waals surface area contributed by atoms with E-state index in [4.69, 9.17) is 46.4 Å². The van der Waals surface area contributed by atoms with Crippen LogP contribution in [0.3, 0.4) is 0 Å². The molecule has 0 saturated carbocycles. The van der Waals surface area contributed by atoms with Crippen molar-refractivity contribution in [3.63, 3.8) is 0 Å². The summed E-state index contributed by atoms with van der Waals surface area (Å²) in [6, 6.07) is 170. The Balaban J connectivity index is 0.0000000928. The number of hydrogen-bond donors (Lipinski definition) is 0. The van der Waals surface area contributed by atoms with E-state index in [1.165, 1.54) is 43.6 Å². The van der Waals surface area contributed by atoms with E-state index in [-0.39, 0.29) is 0 Å². The Morgan fingerprint density at radius 2 is 0.422 bits per heavy atom. The first-order valence-corrected chi connectivity index (χ1v) is 49.3. The van der Waals surface area contributed by atoms with E-state index in [1.807, 2.05) is 164 Å².